The maximum absolute atomic E-state index is 14.8. The summed E-state index contributed by atoms with van der Waals surface area (Å²) >= 11 is 0. The van der Waals surface area contributed by atoms with Gasteiger partial charge in [-0.05, 0) is 71.4 Å². The van der Waals surface area contributed by atoms with Gasteiger partial charge in [0.1, 0.15) is 23.9 Å². The third kappa shape index (κ3) is 7.91. The zero-order chi connectivity index (χ0) is 25.1. The molecule has 0 fully saturated rings. The molecule has 0 aliphatic rings. The quantitative estimate of drug-likeness (QED) is 0.151. The fraction of sp³-hybridized carbons (Fsp3) is 0.345. The number of carbonyl (C=O) groups is 1. The van der Waals surface area contributed by atoms with Crippen LogP contribution in [0, 0.1) is 5.82 Å². The predicted octanol–water partition coefficient (Wildman–Crippen LogP) is 7.28. The summed E-state index contributed by atoms with van der Waals surface area (Å²) in [6, 6.07) is 10.8. The van der Waals surface area contributed by atoms with Gasteiger partial charge in [-0.3, -0.25) is 4.79 Å². The number of hydrogen-bond acceptors (Lipinski definition) is 4. The average molecular weight is 467 g/mol. The molecule has 0 heterocycles. The second-order valence-electron chi connectivity index (χ2n) is 8.94. The molecule has 2 rings (SSSR count). The molecule has 2 aromatic carbocycles. The van der Waals surface area contributed by atoms with Gasteiger partial charge in [-0.1, -0.05) is 51.6 Å². The van der Waals surface area contributed by atoms with Crippen molar-refractivity contribution < 1.29 is 23.4 Å². The van der Waals surface area contributed by atoms with Gasteiger partial charge in [-0.2, -0.15) is 0 Å². The fourth-order valence-corrected chi connectivity index (χ4v) is 3.50. The highest BCUT2D eigenvalue weighted by Gasteiger charge is 2.21. The number of hydrogen-bond donors (Lipinski definition) is 0. The summed E-state index contributed by atoms with van der Waals surface area (Å²) in [6.45, 7) is 10.4. The van der Waals surface area contributed by atoms with Crippen LogP contribution in [-0.2, 0) is 26.3 Å². The summed E-state index contributed by atoms with van der Waals surface area (Å²) in [5.41, 5.74) is 3.09. The van der Waals surface area contributed by atoms with Crippen molar-refractivity contribution in [1.82, 2.24) is 0 Å². The van der Waals surface area contributed by atoms with Gasteiger partial charge in [0.15, 0.2) is 0 Å². The lowest BCUT2D eigenvalue weighted by Gasteiger charge is -2.24. The number of methoxy groups -OCH3 is 2. The van der Waals surface area contributed by atoms with Crippen LogP contribution in [0.25, 0.3) is 11.1 Å². The normalized spacial score (nSPS) is 12.0. The van der Waals surface area contributed by atoms with Crippen LogP contribution in [-0.4, -0.2) is 20.2 Å². The largest absolute Gasteiger partial charge is 0.497 e. The van der Waals surface area contributed by atoms with Crippen molar-refractivity contribution in [3.8, 4) is 16.9 Å². The van der Waals surface area contributed by atoms with E-state index in [4.69, 9.17) is 9.47 Å². The lowest BCUT2D eigenvalue weighted by Crippen LogP contribution is -2.13. The highest BCUT2D eigenvalue weighted by molar-refractivity contribution is 5.71. The van der Waals surface area contributed by atoms with Crippen molar-refractivity contribution in [1.29, 1.82) is 0 Å². The minimum atomic E-state index is -0.300. The number of rotatable bonds is 11. The Kier molecular flexibility index (Phi) is 10.1. The van der Waals surface area contributed by atoms with E-state index in [1.165, 1.54) is 13.2 Å². The van der Waals surface area contributed by atoms with Gasteiger partial charge in [0.2, 0.25) is 0 Å². The van der Waals surface area contributed by atoms with E-state index in [0.29, 0.717) is 36.5 Å². The number of allylic oxidation sites excluding steroid dienone is 4. The molecular weight excluding hydrogens is 431 g/mol. The lowest BCUT2D eigenvalue weighted by molar-refractivity contribution is -0.140. The van der Waals surface area contributed by atoms with Crippen LogP contribution in [0.3, 0.4) is 0 Å². The monoisotopic (exact) mass is 466 g/mol. The van der Waals surface area contributed by atoms with Gasteiger partial charge < -0.3 is 14.2 Å². The maximum atomic E-state index is 14.8. The molecule has 5 heteroatoms. The van der Waals surface area contributed by atoms with E-state index in [1.54, 1.807) is 31.4 Å². The van der Waals surface area contributed by atoms with E-state index in [2.05, 4.69) is 32.1 Å². The molecule has 0 amide bonds. The molecule has 34 heavy (non-hydrogen) atoms. The van der Waals surface area contributed by atoms with Gasteiger partial charge in [0.05, 0.1) is 14.2 Å². The van der Waals surface area contributed by atoms with E-state index >= 15 is 0 Å². The highest BCUT2D eigenvalue weighted by Crippen LogP contribution is 2.36. The van der Waals surface area contributed by atoms with Crippen LogP contribution in [0.2, 0.25) is 0 Å². The summed E-state index contributed by atoms with van der Waals surface area (Å²) in [5.74, 6) is 0.744. The first-order chi connectivity index (χ1) is 16.2. The standard InChI is InChI=1S/C29H35FO4/c1-7-11-22(12-9-8-10-13-28(31)33-6)34-20-21-14-16-26(29(2,3)4)24(18-21)25-19-23(32-5)15-17-27(25)30/h7,9,11-12,14-19H,1,8,10,13,20H2,2-6H3/b12-9-,22-11+. The van der Waals surface area contributed by atoms with Crippen molar-refractivity contribution in [3.63, 3.8) is 0 Å². The molecule has 0 aliphatic heterocycles. The van der Waals surface area contributed by atoms with Gasteiger partial charge in [0.25, 0.3) is 0 Å². The predicted molar refractivity (Wildman–Crippen MR) is 135 cm³/mol. The first-order valence-electron chi connectivity index (χ1n) is 11.4. The van der Waals surface area contributed by atoms with E-state index < -0.39 is 0 Å². The molecule has 0 radical (unpaired) electrons. The summed E-state index contributed by atoms with van der Waals surface area (Å²) < 4.78 is 30.8. The molecule has 0 unspecified atom stereocenters. The molecule has 4 nitrogen and oxygen atoms in total. The Morgan fingerprint density at radius 2 is 1.85 bits per heavy atom. The summed E-state index contributed by atoms with van der Waals surface area (Å²) in [6.07, 6.45) is 9.08. The molecular formula is C29H35FO4. The molecule has 0 atom stereocenters. The molecule has 0 aromatic heterocycles. The maximum Gasteiger partial charge on any atom is 0.305 e. The average Bonchev–Trinajstić information content (AvgIpc) is 2.81. The van der Waals surface area contributed by atoms with Crippen molar-refractivity contribution in [2.24, 2.45) is 0 Å². The molecule has 0 N–H and O–H groups in total. The van der Waals surface area contributed by atoms with Crippen molar-refractivity contribution in [2.45, 2.75) is 52.1 Å². The second-order valence-corrected chi connectivity index (χ2v) is 8.94. The van der Waals surface area contributed by atoms with Crippen LogP contribution >= 0.6 is 0 Å². The fourth-order valence-electron chi connectivity index (χ4n) is 3.50. The van der Waals surface area contributed by atoms with Crippen molar-refractivity contribution in [3.05, 3.63) is 90.0 Å². The van der Waals surface area contributed by atoms with Gasteiger partial charge >= 0.3 is 5.97 Å². The molecule has 0 aliphatic carbocycles. The van der Waals surface area contributed by atoms with Crippen LogP contribution in [0.15, 0.2) is 73.0 Å². The summed E-state index contributed by atoms with van der Waals surface area (Å²) in [5, 5.41) is 0. The topological polar surface area (TPSA) is 44.8 Å². The Morgan fingerprint density at radius 1 is 1.09 bits per heavy atom. The Bertz CT molecular complexity index is 1040. The SMILES string of the molecule is C=C/C=C(\C=C/CCCC(=O)OC)OCc1ccc(C(C)(C)C)c(-c2cc(OC)ccc2F)c1. The van der Waals surface area contributed by atoms with E-state index in [9.17, 15) is 9.18 Å². The molecule has 0 spiro atoms. The Balaban J connectivity index is 2.24. The summed E-state index contributed by atoms with van der Waals surface area (Å²) in [7, 11) is 2.96. The Morgan fingerprint density at radius 3 is 2.50 bits per heavy atom. The number of carbonyl (C=O) groups excluding carboxylic acids is 1. The van der Waals surface area contributed by atoms with Crippen molar-refractivity contribution >= 4 is 5.97 Å². The van der Waals surface area contributed by atoms with E-state index in [1.807, 2.05) is 30.4 Å². The summed E-state index contributed by atoms with van der Waals surface area (Å²) in [4.78, 5) is 11.2. The minimum Gasteiger partial charge on any atom is -0.497 e. The first-order valence-corrected chi connectivity index (χ1v) is 11.4. The van der Waals surface area contributed by atoms with Gasteiger partial charge in [0, 0.05) is 12.0 Å². The molecule has 182 valence electrons. The van der Waals surface area contributed by atoms with Crippen LogP contribution in [0.5, 0.6) is 5.75 Å². The molecule has 0 saturated carbocycles. The first kappa shape index (κ1) is 26.9. The zero-order valence-corrected chi connectivity index (χ0v) is 20.8. The number of unbranched alkanes of at least 4 members (excludes halogenated alkanes) is 1. The lowest BCUT2D eigenvalue weighted by atomic mass is 9.81. The van der Waals surface area contributed by atoms with Crippen molar-refractivity contribution in [2.75, 3.05) is 14.2 Å². The number of benzene rings is 2. The number of esters is 1. The molecule has 2 aromatic rings. The highest BCUT2D eigenvalue weighted by atomic mass is 19.1. The second kappa shape index (κ2) is 12.8. The Hall–Kier alpha value is -3.34. The van der Waals surface area contributed by atoms with Gasteiger partial charge in [-0.25, -0.2) is 4.39 Å². The Labute approximate surface area is 202 Å². The zero-order valence-electron chi connectivity index (χ0n) is 20.8. The smallest absolute Gasteiger partial charge is 0.305 e. The molecule has 0 saturated heterocycles. The van der Waals surface area contributed by atoms with Crippen LogP contribution in [0.4, 0.5) is 4.39 Å². The number of halogens is 1. The molecule has 0 bridgehead atoms. The van der Waals surface area contributed by atoms with Crippen LogP contribution in [0.1, 0.15) is 51.2 Å². The van der Waals surface area contributed by atoms with E-state index in [0.717, 1.165) is 23.1 Å². The third-order valence-electron chi connectivity index (χ3n) is 5.30. The van der Waals surface area contributed by atoms with Gasteiger partial charge in [-0.15, -0.1) is 0 Å². The van der Waals surface area contributed by atoms with Crippen LogP contribution < -0.4 is 4.74 Å². The minimum absolute atomic E-state index is 0.176. The third-order valence-corrected chi connectivity index (χ3v) is 5.30. The number of ether oxygens (including phenoxy) is 3. The van der Waals surface area contributed by atoms with E-state index in [-0.39, 0.29) is 17.2 Å².